The summed E-state index contributed by atoms with van der Waals surface area (Å²) in [5, 5.41) is 7.81. The number of Topliss-reactive ketones (excluding diaryl/α,β-unsaturated/α-hetero) is 1. The summed E-state index contributed by atoms with van der Waals surface area (Å²) in [5.74, 6) is 0.621. The van der Waals surface area contributed by atoms with Crippen molar-refractivity contribution in [1.29, 1.82) is 5.41 Å². The molecule has 0 fully saturated rings. The molecule has 3 rings (SSSR count). The molecule has 0 saturated carbocycles. The Morgan fingerprint density at radius 1 is 1.09 bits per heavy atom. The molecule has 3 nitrogen and oxygen atoms in total. The fourth-order valence-corrected chi connectivity index (χ4v) is 4.43. The van der Waals surface area contributed by atoms with Crippen molar-refractivity contribution < 1.29 is 9.59 Å². The molecule has 174 valence electrons. The number of rotatable bonds is 10. The van der Waals surface area contributed by atoms with Crippen LogP contribution in [-0.4, -0.2) is 17.8 Å². The molecular formula is C30H37NO2. The van der Waals surface area contributed by atoms with Crippen LogP contribution in [0, 0.1) is 22.7 Å². The zero-order chi connectivity index (χ0) is 24.0. The van der Waals surface area contributed by atoms with E-state index in [1.165, 1.54) is 11.8 Å². The van der Waals surface area contributed by atoms with Crippen LogP contribution in [0.15, 0.2) is 60.7 Å². The van der Waals surface area contributed by atoms with Gasteiger partial charge in [-0.1, -0.05) is 82.3 Å². The Hall–Kier alpha value is -2.81. The third-order valence-electron chi connectivity index (χ3n) is 7.37. The molecule has 1 N–H and O–H groups in total. The molecule has 0 amide bonds. The van der Waals surface area contributed by atoms with Crippen molar-refractivity contribution in [2.24, 2.45) is 17.3 Å². The molecule has 0 saturated heterocycles. The number of benzene rings is 2. The van der Waals surface area contributed by atoms with Crippen LogP contribution in [0.5, 0.6) is 0 Å². The highest BCUT2D eigenvalue weighted by molar-refractivity contribution is 5.99. The van der Waals surface area contributed by atoms with Gasteiger partial charge in [-0.05, 0) is 64.9 Å². The molecule has 0 bridgehead atoms. The Balaban J connectivity index is 1.68. The Bertz CT molecular complexity index is 1020. The lowest BCUT2D eigenvalue weighted by Crippen LogP contribution is -2.28. The quantitative estimate of drug-likeness (QED) is 0.400. The van der Waals surface area contributed by atoms with E-state index < -0.39 is 0 Å². The van der Waals surface area contributed by atoms with Gasteiger partial charge in [-0.15, -0.1) is 0 Å². The number of carbonyl (C=O) groups excluding carboxylic acids is 2. The monoisotopic (exact) mass is 443 g/mol. The van der Waals surface area contributed by atoms with Crippen molar-refractivity contribution in [2.75, 3.05) is 0 Å². The minimum absolute atomic E-state index is 0.0620. The van der Waals surface area contributed by atoms with E-state index in [9.17, 15) is 9.59 Å². The molecule has 2 aromatic carbocycles. The molecule has 1 aliphatic rings. The van der Waals surface area contributed by atoms with Crippen molar-refractivity contribution in [3.8, 4) is 0 Å². The maximum absolute atomic E-state index is 12.8. The predicted molar refractivity (Wildman–Crippen MR) is 137 cm³/mol. The Labute approximate surface area is 198 Å². The van der Waals surface area contributed by atoms with Crippen LogP contribution >= 0.6 is 0 Å². The minimum atomic E-state index is -0.343. The van der Waals surface area contributed by atoms with E-state index >= 15 is 0 Å². The Morgan fingerprint density at radius 2 is 1.82 bits per heavy atom. The highest BCUT2D eigenvalue weighted by Crippen LogP contribution is 2.36. The van der Waals surface area contributed by atoms with Crippen LogP contribution in [0.1, 0.15) is 76.0 Å². The van der Waals surface area contributed by atoms with Gasteiger partial charge in [0.25, 0.3) is 0 Å². The summed E-state index contributed by atoms with van der Waals surface area (Å²) in [4.78, 5) is 25.3. The third kappa shape index (κ3) is 6.60. The van der Waals surface area contributed by atoms with Crippen LogP contribution in [-0.2, 0) is 16.0 Å². The number of carbonyl (C=O) groups is 2. The first-order valence-corrected chi connectivity index (χ1v) is 12.1. The largest absolute Gasteiger partial charge is 0.312 e. The molecular weight excluding hydrogens is 406 g/mol. The smallest absolute Gasteiger partial charge is 0.156 e. The number of nitrogens with one attached hydrogen (secondary N) is 1. The molecule has 2 aromatic rings. The van der Waals surface area contributed by atoms with E-state index in [1.807, 2.05) is 24.3 Å². The molecule has 3 heteroatoms. The van der Waals surface area contributed by atoms with Gasteiger partial charge in [0.1, 0.15) is 5.78 Å². The van der Waals surface area contributed by atoms with Gasteiger partial charge in [-0.2, -0.15) is 0 Å². The number of hydrogen-bond donors (Lipinski definition) is 1. The zero-order valence-electron chi connectivity index (χ0n) is 20.4. The van der Waals surface area contributed by atoms with Gasteiger partial charge in [0.05, 0.1) is 5.92 Å². The molecule has 0 aliphatic heterocycles. The predicted octanol–water partition coefficient (Wildman–Crippen LogP) is 7.06. The highest BCUT2D eigenvalue weighted by atomic mass is 16.1. The third-order valence-corrected chi connectivity index (χ3v) is 7.37. The summed E-state index contributed by atoms with van der Waals surface area (Å²) in [5.41, 5.74) is 4.46. The van der Waals surface area contributed by atoms with E-state index in [4.69, 9.17) is 5.41 Å². The molecule has 1 unspecified atom stereocenters. The van der Waals surface area contributed by atoms with Crippen LogP contribution < -0.4 is 0 Å². The van der Waals surface area contributed by atoms with Crippen molar-refractivity contribution >= 4 is 23.4 Å². The summed E-state index contributed by atoms with van der Waals surface area (Å²) < 4.78 is 0. The summed E-state index contributed by atoms with van der Waals surface area (Å²) in [6, 6.07) is 18.6. The van der Waals surface area contributed by atoms with Gasteiger partial charge in [0, 0.05) is 19.1 Å². The average molecular weight is 444 g/mol. The van der Waals surface area contributed by atoms with Crippen molar-refractivity contribution in [1.82, 2.24) is 0 Å². The summed E-state index contributed by atoms with van der Waals surface area (Å²) in [6.07, 6.45) is 6.41. The minimum Gasteiger partial charge on any atom is -0.312 e. The van der Waals surface area contributed by atoms with Gasteiger partial charge in [-0.25, -0.2) is 0 Å². The second kappa shape index (κ2) is 10.9. The van der Waals surface area contributed by atoms with Gasteiger partial charge < -0.3 is 5.41 Å². The Morgan fingerprint density at radius 3 is 2.48 bits per heavy atom. The summed E-state index contributed by atoms with van der Waals surface area (Å²) >= 11 is 0. The number of allylic oxidation sites excluding steroid dienone is 2. The van der Waals surface area contributed by atoms with Crippen LogP contribution in [0.2, 0.25) is 0 Å². The maximum atomic E-state index is 12.8. The van der Waals surface area contributed by atoms with E-state index in [2.05, 4.69) is 58.0 Å². The lowest BCUT2D eigenvalue weighted by atomic mass is 9.75. The average Bonchev–Trinajstić information content (AvgIpc) is 2.79. The standard InChI is InChI=1S/C30H37NO2/c1-21(2)30(3,4)19-29(33)25(20-31)14-13-22-9-8-12-24(15-22)27-16-26(17-28(32)18-27)23-10-6-5-7-11-23/h5-12,15,18,20-21,25-26,31H,13-14,16-17,19H2,1-4H3/t25?,26-/m1/s1. The maximum Gasteiger partial charge on any atom is 0.156 e. The lowest BCUT2D eigenvalue weighted by Gasteiger charge is -2.29. The van der Waals surface area contributed by atoms with Crippen molar-refractivity contribution in [3.63, 3.8) is 0 Å². The lowest BCUT2D eigenvalue weighted by molar-refractivity contribution is -0.123. The van der Waals surface area contributed by atoms with E-state index in [0.717, 1.165) is 29.5 Å². The first kappa shape index (κ1) is 24.8. The molecule has 0 heterocycles. The first-order chi connectivity index (χ1) is 15.7. The summed E-state index contributed by atoms with van der Waals surface area (Å²) in [7, 11) is 0. The van der Waals surface area contributed by atoms with Crippen LogP contribution in [0.3, 0.4) is 0 Å². The molecule has 2 atom stereocenters. The fourth-order valence-electron chi connectivity index (χ4n) is 4.43. The van der Waals surface area contributed by atoms with Gasteiger partial charge >= 0.3 is 0 Å². The van der Waals surface area contributed by atoms with Gasteiger partial charge in [0.15, 0.2) is 5.78 Å². The number of hydrogen-bond acceptors (Lipinski definition) is 3. The molecule has 0 spiro atoms. The van der Waals surface area contributed by atoms with Gasteiger partial charge in [0.2, 0.25) is 0 Å². The molecule has 0 aromatic heterocycles. The van der Waals surface area contributed by atoms with E-state index in [0.29, 0.717) is 25.2 Å². The van der Waals surface area contributed by atoms with Crippen molar-refractivity contribution in [2.45, 2.75) is 65.7 Å². The molecule has 0 radical (unpaired) electrons. The van der Waals surface area contributed by atoms with E-state index in [1.54, 1.807) is 6.08 Å². The van der Waals surface area contributed by atoms with Gasteiger partial charge in [-0.3, -0.25) is 9.59 Å². The van der Waals surface area contributed by atoms with E-state index in [-0.39, 0.29) is 28.8 Å². The number of ketones is 2. The highest BCUT2D eigenvalue weighted by Gasteiger charge is 2.29. The SMILES string of the molecule is CC(C)C(C)(C)CC(=O)C(C=N)CCc1cccc(C2=CC(=O)C[C@H](c3ccccc3)C2)c1. The molecule has 33 heavy (non-hydrogen) atoms. The van der Waals surface area contributed by atoms with Crippen LogP contribution in [0.25, 0.3) is 5.57 Å². The van der Waals surface area contributed by atoms with Crippen molar-refractivity contribution in [3.05, 3.63) is 77.4 Å². The second-order valence-corrected chi connectivity index (χ2v) is 10.5. The van der Waals surface area contributed by atoms with Crippen LogP contribution in [0.4, 0.5) is 0 Å². The topological polar surface area (TPSA) is 58.0 Å². The zero-order valence-corrected chi connectivity index (χ0v) is 20.4. The second-order valence-electron chi connectivity index (χ2n) is 10.5. The first-order valence-electron chi connectivity index (χ1n) is 12.1. The molecule has 1 aliphatic carbocycles. The normalized spacial score (nSPS) is 17.5. The number of aryl methyl sites for hydroxylation is 1. The fraction of sp³-hybridized carbons (Fsp3) is 0.433. The Kier molecular flexibility index (Phi) is 8.18. The summed E-state index contributed by atoms with van der Waals surface area (Å²) in [6.45, 7) is 8.54.